The molecule has 0 saturated heterocycles. The quantitative estimate of drug-likeness (QED) is 0.173. The van der Waals surface area contributed by atoms with E-state index in [4.69, 9.17) is 31.2 Å². The molecule has 4 aromatic rings. The van der Waals surface area contributed by atoms with Gasteiger partial charge in [-0.05, 0) is 201 Å². The summed E-state index contributed by atoms with van der Waals surface area (Å²) in [5, 5.41) is 6.66. The van der Waals surface area contributed by atoms with Crippen molar-refractivity contribution in [2.45, 2.75) is 135 Å². The van der Waals surface area contributed by atoms with Crippen LogP contribution in [0.5, 0.6) is 11.5 Å². The highest BCUT2D eigenvalue weighted by molar-refractivity contribution is 7.80. The molecule has 0 radical (unpaired) electrons. The lowest BCUT2D eigenvalue weighted by atomic mass is 9.77. The number of ether oxygens (including phenoxy) is 4. The van der Waals surface area contributed by atoms with Gasteiger partial charge in [0.1, 0.15) is 35.9 Å². The third kappa shape index (κ3) is 5.26. The largest absolute Gasteiger partial charge is 0.488 e. The lowest BCUT2D eigenvalue weighted by Gasteiger charge is -2.40. The highest BCUT2D eigenvalue weighted by Gasteiger charge is 2.42. The van der Waals surface area contributed by atoms with Gasteiger partial charge in [0.25, 0.3) is 5.17 Å². The SMILES string of the molecule is Cc1c(C)c(C)c2c(c1C)OCc1c-2c(C)c(C)c2c1C(C)(C)OC(=O)N2.Cc1c(C)c(C)c2c(c1C)OCc1c-2c(C)c(C)c2c1C(C)(C)OC(=S)N2. The van der Waals surface area contributed by atoms with Crippen molar-refractivity contribution in [1.29, 1.82) is 0 Å². The van der Waals surface area contributed by atoms with Crippen molar-refractivity contribution in [3.8, 4) is 33.8 Å². The fourth-order valence-corrected chi connectivity index (χ4v) is 9.68. The van der Waals surface area contributed by atoms with Gasteiger partial charge in [-0.3, -0.25) is 5.32 Å². The Kier molecular flexibility index (Phi) is 8.73. The zero-order valence-corrected chi connectivity index (χ0v) is 35.7. The Hall–Kier alpha value is -4.56. The molecule has 4 aliphatic rings. The Morgan fingerprint density at radius 2 is 0.815 bits per heavy atom. The third-order valence-electron chi connectivity index (χ3n) is 13.2. The monoisotopic (exact) mass is 746 g/mol. The molecule has 0 spiro atoms. The Morgan fingerprint density at radius 1 is 0.463 bits per heavy atom. The summed E-state index contributed by atoms with van der Waals surface area (Å²) in [7, 11) is 0. The maximum atomic E-state index is 12.1. The third-order valence-corrected chi connectivity index (χ3v) is 13.4. The van der Waals surface area contributed by atoms with E-state index in [-0.39, 0.29) is 0 Å². The average Bonchev–Trinajstić information content (AvgIpc) is 3.10. The first-order chi connectivity index (χ1) is 25.1. The summed E-state index contributed by atoms with van der Waals surface area (Å²) in [4.78, 5) is 12.1. The van der Waals surface area contributed by atoms with Crippen LogP contribution in [-0.4, -0.2) is 11.3 Å². The molecule has 4 heterocycles. The number of fused-ring (bicyclic) bond motifs is 10. The summed E-state index contributed by atoms with van der Waals surface area (Å²) in [5.41, 5.74) is 25.3. The van der Waals surface area contributed by atoms with E-state index in [0.29, 0.717) is 18.4 Å². The van der Waals surface area contributed by atoms with Crippen LogP contribution < -0.4 is 20.1 Å². The number of anilines is 2. The molecule has 54 heavy (non-hydrogen) atoms. The molecule has 1 amide bonds. The summed E-state index contributed by atoms with van der Waals surface area (Å²) < 4.78 is 24.3. The zero-order valence-electron chi connectivity index (χ0n) is 34.9. The van der Waals surface area contributed by atoms with Gasteiger partial charge in [-0.1, -0.05) is 0 Å². The minimum atomic E-state index is -0.705. The lowest BCUT2D eigenvalue weighted by molar-refractivity contribution is 0.0404. The standard InChI is InChI=1S/C23H27NO3.C23H27NO2S/c1-10-11(2)15(6)21-18(12(10)3)17-13(4)14(5)20-19(16(17)9-26-21)23(7,8)27-22(25)24-20;1-10-11(2)15(6)21-18(12(10)3)17-13(4)14(5)20-19(16(17)9-25-21)23(7,8)26-22(27)24-20/h9H2,1-8H3,(H,24,25);9H2,1-8H3,(H,24,27). The van der Waals surface area contributed by atoms with Crippen LogP contribution >= 0.6 is 12.2 Å². The number of benzene rings is 4. The van der Waals surface area contributed by atoms with E-state index in [1.54, 1.807) is 0 Å². The lowest BCUT2D eigenvalue weighted by Crippen LogP contribution is -2.37. The molecule has 0 saturated carbocycles. The number of hydrogen-bond donors (Lipinski definition) is 2. The number of cyclic esters (lactones) is 1. The number of carbonyl (C=O) groups is 1. The van der Waals surface area contributed by atoms with Gasteiger partial charge >= 0.3 is 6.09 Å². The second-order valence-corrected chi connectivity index (χ2v) is 17.1. The fourth-order valence-electron chi connectivity index (χ4n) is 9.36. The van der Waals surface area contributed by atoms with E-state index in [2.05, 4.69) is 108 Å². The summed E-state index contributed by atoms with van der Waals surface area (Å²) in [6.45, 7) is 35.1. The Labute approximate surface area is 326 Å². The summed E-state index contributed by atoms with van der Waals surface area (Å²) in [6, 6.07) is 0. The molecule has 8 rings (SSSR count). The molecule has 0 fully saturated rings. The normalized spacial score (nSPS) is 16.5. The molecule has 4 aromatic carbocycles. The Balaban J connectivity index is 0.000000167. The van der Waals surface area contributed by atoms with Crippen molar-refractivity contribution in [2.24, 2.45) is 0 Å². The van der Waals surface area contributed by atoms with Gasteiger partial charge in [-0.15, -0.1) is 0 Å². The van der Waals surface area contributed by atoms with Crippen LogP contribution in [0.4, 0.5) is 16.2 Å². The van der Waals surface area contributed by atoms with E-state index in [0.717, 1.165) is 45.1 Å². The predicted molar refractivity (Wildman–Crippen MR) is 223 cm³/mol. The first-order valence-electron chi connectivity index (χ1n) is 18.9. The molecular formula is C46H54N2O5S. The molecular weight excluding hydrogens is 693 g/mol. The van der Waals surface area contributed by atoms with E-state index in [9.17, 15) is 4.79 Å². The van der Waals surface area contributed by atoms with Gasteiger partial charge < -0.3 is 24.3 Å². The Morgan fingerprint density at radius 3 is 1.24 bits per heavy atom. The van der Waals surface area contributed by atoms with Gasteiger partial charge in [0, 0.05) is 33.4 Å². The molecule has 0 bridgehead atoms. The van der Waals surface area contributed by atoms with Crippen LogP contribution in [-0.2, 0) is 33.9 Å². The van der Waals surface area contributed by atoms with Crippen molar-refractivity contribution in [3.05, 3.63) is 89.0 Å². The second kappa shape index (κ2) is 12.5. The predicted octanol–water partition coefficient (Wildman–Crippen LogP) is 12.0. The number of amides is 1. The zero-order chi connectivity index (χ0) is 39.7. The Bertz CT molecular complexity index is 2230. The molecule has 0 aromatic heterocycles. The van der Waals surface area contributed by atoms with Crippen LogP contribution in [0.15, 0.2) is 0 Å². The molecule has 2 N–H and O–H groups in total. The molecule has 0 aliphatic carbocycles. The van der Waals surface area contributed by atoms with Crippen LogP contribution in [0.2, 0.25) is 0 Å². The van der Waals surface area contributed by atoms with Gasteiger partial charge in [0.2, 0.25) is 0 Å². The average molecular weight is 747 g/mol. The van der Waals surface area contributed by atoms with Crippen LogP contribution in [0, 0.1) is 83.1 Å². The fraction of sp³-hybridized carbons (Fsp3) is 0.435. The molecule has 7 nitrogen and oxygen atoms in total. The van der Waals surface area contributed by atoms with E-state index in [1.165, 1.54) is 89.0 Å². The maximum absolute atomic E-state index is 12.1. The van der Waals surface area contributed by atoms with Crippen molar-refractivity contribution < 1.29 is 23.7 Å². The molecule has 284 valence electrons. The minimum absolute atomic E-state index is 0.398. The van der Waals surface area contributed by atoms with Gasteiger partial charge in [0.15, 0.2) is 0 Å². The maximum Gasteiger partial charge on any atom is 0.412 e. The molecule has 8 heteroatoms. The minimum Gasteiger partial charge on any atom is -0.488 e. The number of carbonyl (C=O) groups excluding carboxylic acids is 1. The summed E-state index contributed by atoms with van der Waals surface area (Å²) in [5.74, 6) is 2.02. The van der Waals surface area contributed by atoms with Crippen LogP contribution in [0.3, 0.4) is 0 Å². The smallest absolute Gasteiger partial charge is 0.412 e. The van der Waals surface area contributed by atoms with E-state index < -0.39 is 17.3 Å². The van der Waals surface area contributed by atoms with Gasteiger partial charge in [-0.2, -0.15) is 0 Å². The molecule has 4 aliphatic heterocycles. The number of nitrogens with one attached hydrogen (secondary N) is 2. The van der Waals surface area contributed by atoms with E-state index >= 15 is 0 Å². The number of hydrogen-bond acceptors (Lipinski definition) is 6. The first kappa shape index (κ1) is 37.7. The van der Waals surface area contributed by atoms with Gasteiger partial charge in [0.05, 0.1) is 11.4 Å². The highest BCUT2D eigenvalue weighted by atomic mass is 32.1. The van der Waals surface area contributed by atoms with Crippen molar-refractivity contribution in [3.63, 3.8) is 0 Å². The van der Waals surface area contributed by atoms with Crippen molar-refractivity contribution in [1.82, 2.24) is 0 Å². The number of thiocarbonyl (C=S) groups is 1. The van der Waals surface area contributed by atoms with E-state index in [1.807, 2.05) is 13.8 Å². The highest BCUT2D eigenvalue weighted by Crippen LogP contribution is 2.54. The first-order valence-corrected chi connectivity index (χ1v) is 19.3. The van der Waals surface area contributed by atoms with Crippen molar-refractivity contribution in [2.75, 3.05) is 10.6 Å². The second-order valence-electron chi connectivity index (χ2n) is 16.7. The van der Waals surface area contributed by atoms with Crippen molar-refractivity contribution >= 4 is 34.9 Å². The summed E-state index contributed by atoms with van der Waals surface area (Å²) >= 11 is 5.36. The topological polar surface area (TPSA) is 78.1 Å². The number of rotatable bonds is 0. The van der Waals surface area contributed by atoms with Crippen LogP contribution in [0.1, 0.15) is 117 Å². The summed E-state index contributed by atoms with van der Waals surface area (Å²) in [6.07, 6.45) is -0.398. The molecule has 0 atom stereocenters. The van der Waals surface area contributed by atoms with Gasteiger partial charge in [-0.25, -0.2) is 4.79 Å². The van der Waals surface area contributed by atoms with Crippen LogP contribution in [0.25, 0.3) is 22.3 Å². The molecule has 0 unspecified atom stereocenters.